The van der Waals surface area contributed by atoms with Crippen LogP contribution in [0.1, 0.15) is 65.2 Å². The summed E-state index contributed by atoms with van der Waals surface area (Å²) in [5.41, 5.74) is 0. The first-order valence-corrected chi connectivity index (χ1v) is 8.69. The fraction of sp³-hybridized carbons (Fsp3) is 1.00. The van der Waals surface area contributed by atoms with Gasteiger partial charge in [0.25, 0.3) is 0 Å². The molecule has 118 valence electrons. The fourth-order valence-corrected chi connectivity index (χ4v) is 4.01. The Kier molecular flexibility index (Phi) is 6.79. The maximum Gasteiger partial charge on any atom is 0.0576 e. The van der Waals surface area contributed by atoms with Crippen molar-refractivity contribution in [2.24, 2.45) is 0 Å². The largest absolute Gasteiger partial charge is 0.379 e. The summed E-state index contributed by atoms with van der Waals surface area (Å²) in [6, 6.07) is 1.56. The van der Waals surface area contributed by atoms with Gasteiger partial charge >= 0.3 is 0 Å². The van der Waals surface area contributed by atoms with Gasteiger partial charge in [-0.3, -0.25) is 0 Å². The monoisotopic (exact) mass is 283 g/mol. The van der Waals surface area contributed by atoms with Crippen molar-refractivity contribution in [3.8, 4) is 0 Å². The van der Waals surface area contributed by atoms with Gasteiger partial charge in [0, 0.05) is 25.3 Å². The Morgan fingerprint density at radius 3 is 1.35 bits per heavy atom. The first-order valence-electron chi connectivity index (χ1n) is 8.69. The zero-order chi connectivity index (χ0) is 14.4. The standard InChI is InChI=1S/C17H33NO2/c1-4-19-16-10-6-14(7-11-16)18(3)15-8-12-17(13-9-15)20-5-2/h14-17H,4-13H2,1-3H3. The van der Waals surface area contributed by atoms with E-state index in [9.17, 15) is 0 Å². The second-order valence-corrected chi connectivity index (χ2v) is 6.44. The lowest BCUT2D eigenvalue weighted by atomic mass is 9.87. The highest BCUT2D eigenvalue weighted by molar-refractivity contribution is 4.85. The highest BCUT2D eigenvalue weighted by Gasteiger charge is 2.30. The molecule has 0 aromatic carbocycles. The first kappa shape index (κ1) is 16.3. The Balaban J connectivity index is 1.71. The van der Waals surface area contributed by atoms with Crippen LogP contribution in [0.2, 0.25) is 0 Å². The summed E-state index contributed by atoms with van der Waals surface area (Å²) in [6.45, 7) is 5.95. The van der Waals surface area contributed by atoms with Crippen LogP contribution in [0.5, 0.6) is 0 Å². The van der Waals surface area contributed by atoms with Crippen LogP contribution in [-0.2, 0) is 9.47 Å². The Bertz CT molecular complexity index is 230. The van der Waals surface area contributed by atoms with Crippen molar-refractivity contribution in [2.45, 2.75) is 89.5 Å². The lowest BCUT2D eigenvalue weighted by Crippen LogP contribution is -2.45. The van der Waals surface area contributed by atoms with Gasteiger partial charge in [0.2, 0.25) is 0 Å². The van der Waals surface area contributed by atoms with Gasteiger partial charge in [0.1, 0.15) is 0 Å². The first-order chi connectivity index (χ1) is 9.74. The zero-order valence-electron chi connectivity index (χ0n) is 13.6. The van der Waals surface area contributed by atoms with Crippen LogP contribution in [-0.4, -0.2) is 49.5 Å². The van der Waals surface area contributed by atoms with Crippen LogP contribution in [0.4, 0.5) is 0 Å². The third kappa shape index (κ3) is 4.44. The van der Waals surface area contributed by atoms with E-state index in [2.05, 4.69) is 25.8 Å². The van der Waals surface area contributed by atoms with Crippen LogP contribution in [0, 0.1) is 0 Å². The minimum absolute atomic E-state index is 0.526. The molecule has 2 rings (SSSR count). The molecule has 0 N–H and O–H groups in total. The van der Waals surface area contributed by atoms with Crippen molar-refractivity contribution in [1.29, 1.82) is 0 Å². The molecule has 3 nitrogen and oxygen atoms in total. The number of nitrogens with zero attached hydrogens (tertiary/aromatic N) is 1. The molecule has 2 aliphatic carbocycles. The Labute approximate surface area is 125 Å². The number of rotatable bonds is 6. The summed E-state index contributed by atoms with van der Waals surface area (Å²) in [5.74, 6) is 0. The molecule has 0 aromatic rings. The molecule has 0 atom stereocenters. The molecule has 2 fully saturated rings. The van der Waals surface area contributed by atoms with E-state index in [0.717, 1.165) is 25.3 Å². The normalized spacial score (nSPS) is 35.4. The van der Waals surface area contributed by atoms with Gasteiger partial charge in [-0.2, -0.15) is 0 Å². The van der Waals surface area contributed by atoms with E-state index in [0.29, 0.717) is 12.2 Å². The van der Waals surface area contributed by atoms with Gasteiger partial charge in [0.05, 0.1) is 12.2 Å². The van der Waals surface area contributed by atoms with E-state index < -0.39 is 0 Å². The number of hydrogen-bond donors (Lipinski definition) is 0. The summed E-state index contributed by atoms with van der Waals surface area (Å²) < 4.78 is 11.5. The predicted molar refractivity (Wildman–Crippen MR) is 83.1 cm³/mol. The van der Waals surface area contributed by atoms with Gasteiger partial charge in [-0.15, -0.1) is 0 Å². The number of hydrogen-bond acceptors (Lipinski definition) is 3. The molecule has 0 amide bonds. The van der Waals surface area contributed by atoms with E-state index in [-0.39, 0.29) is 0 Å². The average Bonchev–Trinajstić information content (AvgIpc) is 2.49. The lowest BCUT2D eigenvalue weighted by molar-refractivity contribution is -0.00982. The van der Waals surface area contributed by atoms with Gasteiger partial charge in [-0.1, -0.05) is 0 Å². The second-order valence-electron chi connectivity index (χ2n) is 6.44. The van der Waals surface area contributed by atoms with Crippen molar-refractivity contribution >= 4 is 0 Å². The molecule has 2 saturated carbocycles. The van der Waals surface area contributed by atoms with Gasteiger partial charge in [-0.05, 0) is 72.3 Å². The van der Waals surface area contributed by atoms with Crippen LogP contribution in [0.3, 0.4) is 0 Å². The fourth-order valence-electron chi connectivity index (χ4n) is 4.01. The molecular weight excluding hydrogens is 250 g/mol. The van der Waals surface area contributed by atoms with E-state index in [1.165, 1.54) is 51.4 Å². The minimum Gasteiger partial charge on any atom is -0.379 e. The van der Waals surface area contributed by atoms with Crippen molar-refractivity contribution in [2.75, 3.05) is 20.3 Å². The third-order valence-corrected chi connectivity index (χ3v) is 5.24. The summed E-state index contributed by atoms with van der Waals surface area (Å²) in [7, 11) is 2.34. The highest BCUT2D eigenvalue weighted by atomic mass is 16.5. The summed E-state index contributed by atoms with van der Waals surface area (Å²) in [5, 5.41) is 0. The molecule has 0 heterocycles. The quantitative estimate of drug-likeness (QED) is 0.743. The van der Waals surface area contributed by atoms with E-state index in [4.69, 9.17) is 9.47 Å². The van der Waals surface area contributed by atoms with Crippen molar-refractivity contribution in [3.05, 3.63) is 0 Å². The molecule has 0 radical (unpaired) electrons. The topological polar surface area (TPSA) is 21.7 Å². The lowest BCUT2D eigenvalue weighted by Gasteiger charge is -2.41. The maximum atomic E-state index is 5.76. The Morgan fingerprint density at radius 1 is 0.700 bits per heavy atom. The van der Waals surface area contributed by atoms with Crippen LogP contribution in [0.25, 0.3) is 0 Å². The smallest absolute Gasteiger partial charge is 0.0576 e. The number of ether oxygens (including phenoxy) is 2. The van der Waals surface area contributed by atoms with Gasteiger partial charge in [-0.25, -0.2) is 0 Å². The van der Waals surface area contributed by atoms with E-state index in [1.807, 2.05) is 0 Å². The summed E-state index contributed by atoms with van der Waals surface area (Å²) in [4.78, 5) is 2.67. The summed E-state index contributed by atoms with van der Waals surface area (Å²) in [6.07, 6.45) is 11.3. The molecule has 0 aliphatic heterocycles. The van der Waals surface area contributed by atoms with Crippen molar-refractivity contribution in [1.82, 2.24) is 4.90 Å². The molecule has 0 bridgehead atoms. The molecule has 0 aromatic heterocycles. The van der Waals surface area contributed by atoms with Gasteiger partial charge in [0.15, 0.2) is 0 Å². The second kappa shape index (κ2) is 8.35. The molecule has 0 saturated heterocycles. The van der Waals surface area contributed by atoms with E-state index in [1.54, 1.807) is 0 Å². The van der Waals surface area contributed by atoms with E-state index >= 15 is 0 Å². The van der Waals surface area contributed by atoms with Crippen LogP contribution in [0.15, 0.2) is 0 Å². The molecular formula is C17H33NO2. The third-order valence-electron chi connectivity index (χ3n) is 5.24. The minimum atomic E-state index is 0.526. The Morgan fingerprint density at radius 2 is 1.05 bits per heavy atom. The molecule has 0 spiro atoms. The molecule has 2 aliphatic rings. The summed E-state index contributed by atoms with van der Waals surface area (Å²) >= 11 is 0. The molecule has 20 heavy (non-hydrogen) atoms. The highest BCUT2D eigenvalue weighted by Crippen LogP contribution is 2.30. The average molecular weight is 283 g/mol. The predicted octanol–water partition coefficient (Wildman–Crippen LogP) is 3.61. The zero-order valence-corrected chi connectivity index (χ0v) is 13.6. The van der Waals surface area contributed by atoms with Crippen LogP contribution < -0.4 is 0 Å². The maximum absolute atomic E-state index is 5.76. The molecule has 3 heteroatoms. The SMILES string of the molecule is CCOC1CCC(N(C)C2CCC(OCC)CC2)CC1. The van der Waals surface area contributed by atoms with Gasteiger partial charge < -0.3 is 14.4 Å². The van der Waals surface area contributed by atoms with Crippen molar-refractivity contribution in [3.63, 3.8) is 0 Å². The Hall–Kier alpha value is -0.120. The molecule has 0 unspecified atom stereocenters. The van der Waals surface area contributed by atoms with Crippen molar-refractivity contribution < 1.29 is 9.47 Å². The van der Waals surface area contributed by atoms with Crippen LogP contribution >= 0.6 is 0 Å².